The molecule has 0 amide bonds. The van der Waals surface area contributed by atoms with Crippen LogP contribution in [0.15, 0.2) is 30.3 Å². The lowest BCUT2D eigenvalue weighted by atomic mass is 10.00. The highest BCUT2D eigenvalue weighted by atomic mass is 32.2. The van der Waals surface area contributed by atoms with Gasteiger partial charge >= 0.3 is 0 Å². The molecule has 1 heterocycles. The molecule has 1 aromatic carbocycles. The Bertz CT molecular complexity index is 346. The van der Waals surface area contributed by atoms with Gasteiger partial charge in [0.1, 0.15) is 0 Å². The van der Waals surface area contributed by atoms with E-state index < -0.39 is 0 Å². The molecule has 1 N–H and O–H groups in total. The van der Waals surface area contributed by atoms with Gasteiger partial charge in [-0.25, -0.2) is 0 Å². The van der Waals surface area contributed by atoms with Gasteiger partial charge in [0.25, 0.3) is 0 Å². The first-order valence-corrected chi connectivity index (χ1v) is 9.35. The molecule has 1 aromatic rings. The van der Waals surface area contributed by atoms with Crippen LogP contribution < -0.4 is 5.32 Å². The van der Waals surface area contributed by atoms with Crippen LogP contribution >= 0.6 is 11.8 Å². The molecule has 1 fully saturated rings. The number of nitrogens with one attached hydrogen (secondary N) is 1. The zero-order valence-electron chi connectivity index (χ0n) is 12.8. The molecule has 0 bridgehead atoms. The number of benzene rings is 1. The van der Waals surface area contributed by atoms with Crippen molar-refractivity contribution in [1.29, 1.82) is 0 Å². The van der Waals surface area contributed by atoms with Gasteiger partial charge in [0.15, 0.2) is 0 Å². The second-order valence-corrected chi connectivity index (χ2v) is 7.26. The van der Waals surface area contributed by atoms with Crippen molar-refractivity contribution in [3.05, 3.63) is 35.9 Å². The van der Waals surface area contributed by atoms with Crippen molar-refractivity contribution >= 4 is 11.8 Å². The van der Waals surface area contributed by atoms with Gasteiger partial charge in [-0.3, -0.25) is 0 Å². The monoisotopic (exact) mass is 291 g/mol. The lowest BCUT2D eigenvalue weighted by molar-refractivity contribution is 0.464. The number of thioether (sulfide) groups is 1. The minimum atomic E-state index is 0.547. The molecule has 1 nitrogen and oxygen atoms in total. The predicted octanol–water partition coefficient (Wildman–Crippen LogP) is 5.18. The highest BCUT2D eigenvalue weighted by Crippen LogP contribution is 2.26. The average Bonchev–Trinajstić information content (AvgIpc) is 2.52. The van der Waals surface area contributed by atoms with E-state index in [9.17, 15) is 0 Å². The van der Waals surface area contributed by atoms with E-state index in [-0.39, 0.29) is 0 Å². The lowest BCUT2D eigenvalue weighted by Crippen LogP contribution is -2.30. The smallest absolute Gasteiger partial charge is 0.0320 e. The molecule has 0 saturated carbocycles. The van der Waals surface area contributed by atoms with Crippen LogP contribution in [0.3, 0.4) is 0 Å². The van der Waals surface area contributed by atoms with E-state index in [2.05, 4.69) is 54.3 Å². The normalized spacial score (nSPS) is 20.8. The summed E-state index contributed by atoms with van der Waals surface area (Å²) in [6, 6.07) is 11.5. The number of rotatable bonds is 8. The number of hydrogen-bond acceptors (Lipinski definition) is 2. The molecule has 0 spiro atoms. The summed E-state index contributed by atoms with van der Waals surface area (Å²) in [5.74, 6) is 1.36. The maximum Gasteiger partial charge on any atom is 0.0320 e. The third kappa shape index (κ3) is 5.49. The summed E-state index contributed by atoms with van der Waals surface area (Å²) in [6.45, 7) is 3.46. The molecule has 0 aromatic heterocycles. The Balaban J connectivity index is 1.84. The van der Waals surface area contributed by atoms with Gasteiger partial charge in [0.05, 0.1) is 0 Å². The fourth-order valence-electron chi connectivity index (χ4n) is 2.91. The zero-order chi connectivity index (χ0) is 14.0. The van der Waals surface area contributed by atoms with Gasteiger partial charge in [-0.05, 0) is 30.6 Å². The Morgan fingerprint density at radius 3 is 2.75 bits per heavy atom. The average molecular weight is 292 g/mol. The first kappa shape index (κ1) is 15.9. The quantitative estimate of drug-likeness (QED) is 0.662. The minimum Gasteiger partial charge on any atom is -0.309 e. The van der Waals surface area contributed by atoms with E-state index in [4.69, 9.17) is 0 Å². The first-order chi connectivity index (χ1) is 9.90. The molecule has 2 rings (SSSR count). The van der Waals surface area contributed by atoms with Crippen LogP contribution in [0, 0.1) is 0 Å². The Labute approximate surface area is 128 Å². The van der Waals surface area contributed by atoms with Gasteiger partial charge in [-0.2, -0.15) is 11.8 Å². The Morgan fingerprint density at radius 1 is 1.20 bits per heavy atom. The highest BCUT2D eigenvalue weighted by molar-refractivity contribution is 7.99. The van der Waals surface area contributed by atoms with Crippen LogP contribution in [0.2, 0.25) is 0 Å². The Hall–Kier alpha value is -0.470. The van der Waals surface area contributed by atoms with Crippen molar-refractivity contribution in [3.8, 4) is 0 Å². The Morgan fingerprint density at radius 2 is 2.05 bits per heavy atom. The zero-order valence-corrected chi connectivity index (χ0v) is 13.6. The number of hydrogen-bond donors (Lipinski definition) is 1. The van der Waals surface area contributed by atoms with Gasteiger partial charge in [-0.15, -0.1) is 0 Å². The van der Waals surface area contributed by atoms with Gasteiger partial charge in [0.2, 0.25) is 0 Å². The van der Waals surface area contributed by atoms with Crippen molar-refractivity contribution in [3.63, 3.8) is 0 Å². The standard InChI is InChI=1S/C18H29NS/c1-2-3-5-13-18(16-10-6-4-7-11-16)19-15-17-12-8-9-14-20-17/h4,6-7,10-11,17-19H,2-3,5,8-9,12-15H2,1H3. The van der Waals surface area contributed by atoms with E-state index in [1.807, 2.05) is 0 Å². The predicted molar refractivity (Wildman–Crippen MR) is 91.4 cm³/mol. The molecule has 1 saturated heterocycles. The molecule has 0 radical (unpaired) electrons. The molecular weight excluding hydrogens is 262 g/mol. The second-order valence-electron chi connectivity index (χ2n) is 5.86. The van der Waals surface area contributed by atoms with Crippen LogP contribution in [0.4, 0.5) is 0 Å². The van der Waals surface area contributed by atoms with Crippen molar-refractivity contribution in [1.82, 2.24) is 5.32 Å². The molecule has 112 valence electrons. The SMILES string of the molecule is CCCCCC(NCC1CCCCS1)c1ccccc1. The van der Waals surface area contributed by atoms with E-state index in [0.717, 1.165) is 5.25 Å². The molecule has 2 unspecified atom stereocenters. The van der Waals surface area contributed by atoms with E-state index in [1.165, 1.54) is 62.8 Å². The van der Waals surface area contributed by atoms with Crippen molar-refractivity contribution in [2.45, 2.75) is 63.2 Å². The van der Waals surface area contributed by atoms with Crippen LogP contribution in [0.25, 0.3) is 0 Å². The van der Waals surface area contributed by atoms with E-state index in [1.54, 1.807) is 0 Å². The number of unbranched alkanes of at least 4 members (excludes halogenated alkanes) is 2. The van der Waals surface area contributed by atoms with E-state index >= 15 is 0 Å². The van der Waals surface area contributed by atoms with Crippen molar-refractivity contribution in [2.75, 3.05) is 12.3 Å². The molecular formula is C18H29NS. The summed E-state index contributed by atoms with van der Waals surface area (Å²) >= 11 is 2.17. The van der Waals surface area contributed by atoms with Crippen molar-refractivity contribution < 1.29 is 0 Å². The van der Waals surface area contributed by atoms with Gasteiger partial charge < -0.3 is 5.32 Å². The van der Waals surface area contributed by atoms with Crippen LogP contribution in [0.1, 0.15) is 63.5 Å². The molecule has 2 atom stereocenters. The highest BCUT2D eigenvalue weighted by Gasteiger charge is 2.16. The summed E-state index contributed by atoms with van der Waals surface area (Å²) in [7, 11) is 0. The Kier molecular flexibility index (Phi) is 7.53. The summed E-state index contributed by atoms with van der Waals surface area (Å²) < 4.78 is 0. The largest absolute Gasteiger partial charge is 0.309 e. The fourth-order valence-corrected chi connectivity index (χ4v) is 4.16. The summed E-state index contributed by atoms with van der Waals surface area (Å²) in [6.07, 6.45) is 9.50. The van der Waals surface area contributed by atoms with Crippen LogP contribution in [-0.4, -0.2) is 17.5 Å². The molecule has 20 heavy (non-hydrogen) atoms. The molecule has 0 aliphatic carbocycles. The maximum atomic E-state index is 3.84. The van der Waals surface area contributed by atoms with E-state index in [0.29, 0.717) is 6.04 Å². The minimum absolute atomic E-state index is 0.547. The summed E-state index contributed by atoms with van der Waals surface area (Å²) in [4.78, 5) is 0. The molecule has 2 heteroatoms. The maximum absolute atomic E-state index is 3.84. The summed E-state index contributed by atoms with van der Waals surface area (Å²) in [5, 5.41) is 4.68. The molecule has 1 aliphatic heterocycles. The topological polar surface area (TPSA) is 12.0 Å². The first-order valence-electron chi connectivity index (χ1n) is 8.30. The third-order valence-electron chi connectivity index (χ3n) is 4.16. The summed E-state index contributed by atoms with van der Waals surface area (Å²) in [5.41, 5.74) is 1.46. The van der Waals surface area contributed by atoms with Crippen molar-refractivity contribution in [2.24, 2.45) is 0 Å². The third-order valence-corrected chi connectivity index (χ3v) is 5.56. The molecule has 1 aliphatic rings. The lowest BCUT2D eigenvalue weighted by Gasteiger charge is -2.25. The van der Waals surface area contributed by atoms with Gasteiger partial charge in [0, 0.05) is 17.8 Å². The van der Waals surface area contributed by atoms with Gasteiger partial charge in [-0.1, -0.05) is 62.9 Å². The van der Waals surface area contributed by atoms with Crippen LogP contribution in [0.5, 0.6) is 0 Å². The van der Waals surface area contributed by atoms with Crippen LogP contribution in [-0.2, 0) is 0 Å². The fraction of sp³-hybridized carbons (Fsp3) is 0.667. The second kappa shape index (κ2) is 9.46.